The second-order valence-electron chi connectivity index (χ2n) is 7.89. The summed E-state index contributed by atoms with van der Waals surface area (Å²) in [6, 6.07) is 26.7. The number of hydrogen-bond donors (Lipinski definition) is 1. The molecule has 0 radical (unpaired) electrons. The van der Waals surface area contributed by atoms with Crippen molar-refractivity contribution in [2.75, 3.05) is 5.32 Å². The maximum absolute atomic E-state index is 6.25. The van der Waals surface area contributed by atoms with E-state index in [-0.39, 0.29) is 5.41 Å². The summed E-state index contributed by atoms with van der Waals surface area (Å²) in [5.74, 6) is 1.39. The molecule has 3 heteroatoms. The van der Waals surface area contributed by atoms with Crippen molar-refractivity contribution < 1.29 is 4.74 Å². The molecule has 4 rings (SSSR count). The van der Waals surface area contributed by atoms with Gasteiger partial charge in [0.25, 0.3) is 0 Å². The number of ether oxygens (including phenoxy) is 1. The molecule has 0 aliphatic carbocycles. The Morgan fingerprint density at radius 1 is 0.786 bits per heavy atom. The van der Waals surface area contributed by atoms with Crippen LogP contribution in [0.4, 0.5) is 11.4 Å². The van der Waals surface area contributed by atoms with Gasteiger partial charge in [0.05, 0.1) is 0 Å². The van der Waals surface area contributed by atoms with Crippen molar-refractivity contribution in [3.8, 4) is 11.6 Å². The topological polar surface area (TPSA) is 34.1 Å². The predicted octanol–water partition coefficient (Wildman–Crippen LogP) is 7.07. The van der Waals surface area contributed by atoms with Crippen molar-refractivity contribution in [1.82, 2.24) is 4.98 Å². The number of nitrogens with one attached hydrogen (secondary N) is 1. The Bertz CT molecular complexity index is 1110. The van der Waals surface area contributed by atoms with Crippen molar-refractivity contribution in [2.45, 2.75) is 26.2 Å². The molecule has 0 fully saturated rings. The first kappa shape index (κ1) is 18.1. The average Bonchev–Trinajstić information content (AvgIpc) is 2.69. The van der Waals surface area contributed by atoms with Gasteiger partial charge in [0, 0.05) is 17.4 Å². The zero-order valence-corrected chi connectivity index (χ0v) is 16.4. The normalized spacial score (nSPS) is 11.4. The van der Waals surface area contributed by atoms with Gasteiger partial charge in [0.2, 0.25) is 5.88 Å². The molecular formula is C25H24N2O. The number of pyridine rings is 1. The number of hydrogen-bond acceptors (Lipinski definition) is 3. The van der Waals surface area contributed by atoms with Crippen LogP contribution in [0.2, 0.25) is 0 Å². The third-order valence-corrected chi connectivity index (χ3v) is 4.70. The third kappa shape index (κ3) is 3.84. The maximum atomic E-state index is 6.25. The average molecular weight is 368 g/mol. The maximum Gasteiger partial charge on any atom is 0.243 e. The number of rotatable bonds is 4. The molecule has 0 bridgehead atoms. The van der Waals surface area contributed by atoms with Gasteiger partial charge in [0.1, 0.15) is 11.4 Å². The summed E-state index contributed by atoms with van der Waals surface area (Å²) in [5.41, 5.74) is 2.97. The summed E-state index contributed by atoms with van der Waals surface area (Å²) in [4.78, 5) is 4.47. The first-order chi connectivity index (χ1) is 13.5. The van der Waals surface area contributed by atoms with Crippen LogP contribution in [0.5, 0.6) is 11.6 Å². The van der Waals surface area contributed by atoms with Gasteiger partial charge in [-0.05, 0) is 46.5 Å². The van der Waals surface area contributed by atoms with E-state index in [0.29, 0.717) is 5.88 Å². The highest BCUT2D eigenvalue weighted by atomic mass is 16.5. The van der Waals surface area contributed by atoms with Gasteiger partial charge in [-0.2, -0.15) is 0 Å². The first-order valence-corrected chi connectivity index (χ1v) is 9.49. The van der Waals surface area contributed by atoms with Gasteiger partial charge in [-0.3, -0.25) is 0 Å². The van der Waals surface area contributed by atoms with E-state index in [1.165, 1.54) is 10.8 Å². The van der Waals surface area contributed by atoms with Gasteiger partial charge in [-0.15, -0.1) is 0 Å². The van der Waals surface area contributed by atoms with Crippen LogP contribution in [0.15, 0.2) is 85.1 Å². The number of nitrogens with zero attached hydrogens (tertiary/aromatic N) is 1. The minimum absolute atomic E-state index is 0.0166. The van der Waals surface area contributed by atoms with E-state index in [1.807, 2.05) is 36.4 Å². The molecule has 0 amide bonds. The lowest BCUT2D eigenvalue weighted by molar-refractivity contribution is 0.442. The van der Waals surface area contributed by atoms with E-state index in [0.717, 1.165) is 22.7 Å². The van der Waals surface area contributed by atoms with Gasteiger partial charge in [0.15, 0.2) is 0 Å². The van der Waals surface area contributed by atoms with Gasteiger partial charge in [-0.25, -0.2) is 4.98 Å². The fraction of sp³-hybridized carbons (Fsp3) is 0.160. The van der Waals surface area contributed by atoms with Crippen LogP contribution >= 0.6 is 0 Å². The molecule has 0 spiro atoms. The van der Waals surface area contributed by atoms with E-state index in [4.69, 9.17) is 4.74 Å². The molecule has 3 aromatic carbocycles. The molecule has 1 aromatic heterocycles. The van der Waals surface area contributed by atoms with Crippen LogP contribution in [0.3, 0.4) is 0 Å². The quantitative estimate of drug-likeness (QED) is 0.418. The Hall–Kier alpha value is -3.33. The summed E-state index contributed by atoms with van der Waals surface area (Å²) in [6.07, 6.45) is 1.75. The summed E-state index contributed by atoms with van der Waals surface area (Å²) in [6.45, 7) is 6.55. The zero-order chi connectivity index (χ0) is 19.6. The Morgan fingerprint density at radius 2 is 1.54 bits per heavy atom. The molecular weight excluding hydrogens is 344 g/mol. The molecule has 4 aromatic rings. The van der Waals surface area contributed by atoms with E-state index in [1.54, 1.807) is 6.20 Å². The molecule has 0 atom stereocenters. The number of benzene rings is 3. The van der Waals surface area contributed by atoms with E-state index < -0.39 is 0 Å². The summed E-state index contributed by atoms with van der Waals surface area (Å²) in [5, 5.41) is 5.86. The number of para-hydroxylation sites is 1. The molecule has 140 valence electrons. The minimum Gasteiger partial charge on any atom is -0.437 e. The van der Waals surface area contributed by atoms with Crippen molar-refractivity contribution in [3.63, 3.8) is 0 Å². The highest BCUT2D eigenvalue weighted by molar-refractivity contribution is 5.86. The molecule has 28 heavy (non-hydrogen) atoms. The lowest BCUT2D eigenvalue weighted by Crippen LogP contribution is -2.12. The first-order valence-electron chi connectivity index (χ1n) is 9.49. The molecule has 0 aliphatic rings. The minimum atomic E-state index is -0.0166. The number of fused-ring (bicyclic) bond motifs is 1. The molecule has 0 saturated carbocycles. The van der Waals surface area contributed by atoms with E-state index in [2.05, 4.69) is 73.5 Å². The van der Waals surface area contributed by atoms with Gasteiger partial charge < -0.3 is 10.1 Å². The van der Waals surface area contributed by atoms with Gasteiger partial charge >= 0.3 is 0 Å². The van der Waals surface area contributed by atoms with Gasteiger partial charge in [-0.1, -0.05) is 69.3 Å². The third-order valence-electron chi connectivity index (χ3n) is 4.70. The molecule has 1 heterocycles. The fourth-order valence-corrected chi connectivity index (χ4v) is 3.27. The lowest BCUT2D eigenvalue weighted by Gasteiger charge is -2.22. The summed E-state index contributed by atoms with van der Waals surface area (Å²) in [7, 11) is 0. The van der Waals surface area contributed by atoms with Crippen LogP contribution < -0.4 is 10.1 Å². The smallest absolute Gasteiger partial charge is 0.243 e. The number of aromatic nitrogens is 1. The highest BCUT2D eigenvalue weighted by Crippen LogP contribution is 2.36. The van der Waals surface area contributed by atoms with E-state index >= 15 is 0 Å². The second kappa shape index (κ2) is 7.35. The largest absolute Gasteiger partial charge is 0.437 e. The van der Waals surface area contributed by atoms with Crippen LogP contribution in [0, 0.1) is 0 Å². The zero-order valence-electron chi connectivity index (χ0n) is 16.4. The van der Waals surface area contributed by atoms with Crippen LogP contribution in [-0.4, -0.2) is 4.98 Å². The standard InChI is InChI=1S/C25H24N2O/c1-25(2,3)21-11-6-7-13-23(21)28-24-22(12-8-16-26-24)27-20-15-14-18-9-4-5-10-19(18)17-20/h4-17,27H,1-3H3. The van der Waals surface area contributed by atoms with Crippen molar-refractivity contribution >= 4 is 22.1 Å². The Morgan fingerprint density at radius 3 is 2.36 bits per heavy atom. The highest BCUT2D eigenvalue weighted by Gasteiger charge is 2.19. The second-order valence-corrected chi connectivity index (χ2v) is 7.89. The molecule has 0 aliphatic heterocycles. The Labute approximate surface area is 166 Å². The summed E-state index contributed by atoms with van der Waals surface area (Å²) >= 11 is 0. The van der Waals surface area contributed by atoms with Crippen molar-refractivity contribution in [2.24, 2.45) is 0 Å². The van der Waals surface area contributed by atoms with Crippen LogP contribution in [0.25, 0.3) is 10.8 Å². The SMILES string of the molecule is CC(C)(C)c1ccccc1Oc1ncccc1Nc1ccc2ccccc2c1. The predicted molar refractivity (Wildman–Crippen MR) is 117 cm³/mol. The number of anilines is 2. The summed E-state index contributed by atoms with van der Waals surface area (Å²) < 4.78 is 6.25. The lowest BCUT2D eigenvalue weighted by atomic mass is 9.86. The molecule has 3 nitrogen and oxygen atoms in total. The van der Waals surface area contributed by atoms with Crippen LogP contribution in [-0.2, 0) is 5.41 Å². The fourth-order valence-electron chi connectivity index (χ4n) is 3.27. The van der Waals surface area contributed by atoms with Crippen LogP contribution in [0.1, 0.15) is 26.3 Å². The van der Waals surface area contributed by atoms with Crippen molar-refractivity contribution in [3.05, 3.63) is 90.6 Å². The molecule has 0 saturated heterocycles. The van der Waals surface area contributed by atoms with E-state index in [9.17, 15) is 0 Å². The molecule has 1 N–H and O–H groups in total. The monoisotopic (exact) mass is 368 g/mol. The molecule has 0 unspecified atom stereocenters. The van der Waals surface area contributed by atoms with Crippen molar-refractivity contribution in [1.29, 1.82) is 0 Å². The Kier molecular flexibility index (Phi) is 4.74. The Balaban J connectivity index is 1.66.